The van der Waals surface area contributed by atoms with E-state index >= 15 is 0 Å². The third kappa shape index (κ3) is 4.70. The van der Waals surface area contributed by atoms with Crippen LogP contribution in [0.5, 0.6) is 5.75 Å². The topological polar surface area (TPSA) is 58.6 Å². The number of nitrogens with one attached hydrogen (secondary N) is 1. The molecule has 0 aliphatic rings. The molecule has 2 amide bonds. The number of carbonyl (C=O) groups excluding carboxylic acids is 2. The number of amides is 2. The second-order valence-corrected chi connectivity index (χ2v) is 6.57. The molecule has 0 aromatic heterocycles. The Morgan fingerprint density at radius 1 is 1.12 bits per heavy atom. The van der Waals surface area contributed by atoms with Gasteiger partial charge < -0.3 is 15.0 Å². The molecule has 5 nitrogen and oxygen atoms in total. The highest BCUT2D eigenvalue weighted by Gasteiger charge is 2.11. The Morgan fingerprint density at radius 2 is 1.79 bits per heavy atom. The van der Waals surface area contributed by atoms with Crippen molar-refractivity contribution in [2.45, 2.75) is 6.92 Å². The highest BCUT2D eigenvalue weighted by atomic mass is 127. The van der Waals surface area contributed by atoms with E-state index in [1.54, 1.807) is 44.4 Å². The lowest BCUT2D eigenvalue weighted by atomic mass is 10.1. The van der Waals surface area contributed by atoms with Crippen LogP contribution in [0, 0.1) is 10.5 Å². The molecule has 0 heterocycles. The van der Waals surface area contributed by atoms with E-state index in [0.717, 1.165) is 9.13 Å². The van der Waals surface area contributed by atoms with Gasteiger partial charge in [0.15, 0.2) is 6.61 Å². The second-order valence-electron chi connectivity index (χ2n) is 5.49. The number of hydrogen-bond donors (Lipinski definition) is 1. The van der Waals surface area contributed by atoms with Crippen LogP contribution in [0.3, 0.4) is 0 Å². The number of benzene rings is 2. The van der Waals surface area contributed by atoms with Gasteiger partial charge in [-0.05, 0) is 65.4 Å². The highest BCUT2D eigenvalue weighted by molar-refractivity contribution is 14.1. The van der Waals surface area contributed by atoms with Crippen molar-refractivity contribution in [3.63, 3.8) is 0 Å². The summed E-state index contributed by atoms with van der Waals surface area (Å²) in [5.41, 5.74) is 2.38. The zero-order chi connectivity index (χ0) is 17.7. The van der Waals surface area contributed by atoms with Crippen molar-refractivity contribution in [1.29, 1.82) is 0 Å². The van der Waals surface area contributed by atoms with Crippen LogP contribution in [0.4, 0.5) is 5.69 Å². The summed E-state index contributed by atoms with van der Waals surface area (Å²) in [6, 6.07) is 12.6. The summed E-state index contributed by atoms with van der Waals surface area (Å²) in [6.45, 7) is 1.96. The van der Waals surface area contributed by atoms with Gasteiger partial charge in [0.25, 0.3) is 11.8 Å². The van der Waals surface area contributed by atoms with Crippen LogP contribution in [0.2, 0.25) is 0 Å². The zero-order valence-corrected chi connectivity index (χ0v) is 16.0. The van der Waals surface area contributed by atoms with Gasteiger partial charge in [-0.1, -0.05) is 12.1 Å². The van der Waals surface area contributed by atoms with E-state index in [-0.39, 0.29) is 18.4 Å². The molecule has 0 unspecified atom stereocenters. The molecular weight excluding hydrogens is 419 g/mol. The standard InChI is InChI=1S/C18H19IN2O3/c1-12-5-4-6-15(17(12)19)18(23)20-13-7-9-14(10-8-13)24-11-16(22)21(2)3/h4-10H,11H2,1-3H3,(H,20,23). The Labute approximate surface area is 155 Å². The fraction of sp³-hybridized carbons (Fsp3) is 0.222. The predicted molar refractivity (Wildman–Crippen MR) is 102 cm³/mol. The fourth-order valence-corrected chi connectivity index (χ4v) is 2.53. The van der Waals surface area contributed by atoms with Crippen LogP contribution in [0.15, 0.2) is 42.5 Å². The Balaban J connectivity index is 2.00. The molecule has 2 aromatic carbocycles. The number of hydrogen-bond acceptors (Lipinski definition) is 3. The molecule has 0 fully saturated rings. The maximum atomic E-state index is 12.4. The second kappa shape index (κ2) is 8.14. The number of carbonyl (C=O) groups is 2. The van der Waals surface area contributed by atoms with Crippen molar-refractivity contribution >= 4 is 40.1 Å². The molecule has 0 aliphatic heterocycles. The molecule has 1 N–H and O–H groups in total. The van der Waals surface area contributed by atoms with E-state index in [1.165, 1.54) is 4.90 Å². The summed E-state index contributed by atoms with van der Waals surface area (Å²) in [6.07, 6.45) is 0. The molecule has 0 saturated heterocycles. The molecular formula is C18H19IN2O3. The Morgan fingerprint density at radius 3 is 2.42 bits per heavy atom. The quantitative estimate of drug-likeness (QED) is 0.729. The van der Waals surface area contributed by atoms with E-state index < -0.39 is 0 Å². The van der Waals surface area contributed by atoms with Crippen molar-refractivity contribution < 1.29 is 14.3 Å². The van der Waals surface area contributed by atoms with E-state index in [0.29, 0.717) is 17.0 Å². The zero-order valence-electron chi connectivity index (χ0n) is 13.8. The van der Waals surface area contributed by atoms with Gasteiger partial charge in [-0.2, -0.15) is 0 Å². The predicted octanol–water partition coefficient (Wildman–Crippen LogP) is 3.32. The lowest BCUT2D eigenvalue weighted by Gasteiger charge is -2.12. The van der Waals surface area contributed by atoms with E-state index in [1.807, 2.05) is 19.1 Å². The first kappa shape index (κ1) is 18.3. The third-order valence-corrected chi connectivity index (χ3v) is 4.84. The summed E-state index contributed by atoms with van der Waals surface area (Å²) in [4.78, 5) is 25.3. The summed E-state index contributed by atoms with van der Waals surface area (Å²) in [7, 11) is 3.36. The first-order valence-electron chi connectivity index (χ1n) is 7.38. The first-order chi connectivity index (χ1) is 11.4. The number of anilines is 1. The van der Waals surface area contributed by atoms with Crippen molar-refractivity contribution in [1.82, 2.24) is 4.90 Å². The van der Waals surface area contributed by atoms with Gasteiger partial charge >= 0.3 is 0 Å². The number of aryl methyl sites for hydroxylation is 1. The number of likely N-dealkylation sites (N-methyl/N-ethyl adjacent to an activating group) is 1. The SMILES string of the molecule is Cc1cccc(C(=O)Nc2ccc(OCC(=O)N(C)C)cc2)c1I. The minimum absolute atomic E-state index is 0.0137. The molecule has 2 rings (SSSR count). The van der Waals surface area contributed by atoms with Gasteiger partial charge in [0.1, 0.15) is 5.75 Å². The Hall–Kier alpha value is -2.09. The van der Waals surface area contributed by atoms with Crippen LogP contribution in [0.25, 0.3) is 0 Å². The molecule has 0 spiro atoms. The number of ether oxygens (including phenoxy) is 1. The summed E-state index contributed by atoms with van der Waals surface area (Å²) in [5, 5.41) is 2.86. The molecule has 0 atom stereocenters. The van der Waals surface area contributed by atoms with Gasteiger partial charge in [0, 0.05) is 23.4 Å². The van der Waals surface area contributed by atoms with Crippen LogP contribution >= 0.6 is 22.6 Å². The molecule has 0 aliphatic carbocycles. The third-order valence-electron chi connectivity index (χ3n) is 3.41. The summed E-state index contributed by atoms with van der Waals surface area (Å²) < 4.78 is 6.34. The normalized spacial score (nSPS) is 10.2. The van der Waals surface area contributed by atoms with Crippen LogP contribution in [0.1, 0.15) is 15.9 Å². The van der Waals surface area contributed by atoms with Gasteiger partial charge in [0.05, 0.1) is 5.56 Å². The minimum atomic E-state index is -0.153. The molecule has 2 aromatic rings. The van der Waals surface area contributed by atoms with E-state index in [9.17, 15) is 9.59 Å². The van der Waals surface area contributed by atoms with Crippen LogP contribution in [-0.4, -0.2) is 37.4 Å². The summed E-state index contributed by atoms with van der Waals surface area (Å²) in [5.74, 6) is 0.314. The van der Waals surface area contributed by atoms with Crippen molar-refractivity contribution in [3.05, 3.63) is 57.2 Å². The van der Waals surface area contributed by atoms with Crippen LogP contribution < -0.4 is 10.1 Å². The molecule has 6 heteroatoms. The highest BCUT2D eigenvalue weighted by Crippen LogP contribution is 2.20. The maximum absolute atomic E-state index is 12.4. The summed E-state index contributed by atoms with van der Waals surface area (Å²) >= 11 is 2.17. The maximum Gasteiger partial charge on any atom is 0.259 e. The van der Waals surface area contributed by atoms with Gasteiger partial charge in [-0.3, -0.25) is 9.59 Å². The molecule has 126 valence electrons. The lowest BCUT2D eigenvalue weighted by Crippen LogP contribution is -2.27. The smallest absolute Gasteiger partial charge is 0.259 e. The number of halogens is 1. The number of rotatable bonds is 5. The first-order valence-corrected chi connectivity index (χ1v) is 8.46. The van der Waals surface area contributed by atoms with Crippen molar-refractivity contribution in [2.24, 2.45) is 0 Å². The lowest BCUT2D eigenvalue weighted by molar-refractivity contribution is -0.130. The molecule has 24 heavy (non-hydrogen) atoms. The van der Waals surface area contributed by atoms with Crippen LogP contribution in [-0.2, 0) is 4.79 Å². The Kier molecular flexibility index (Phi) is 6.19. The average Bonchev–Trinajstić information content (AvgIpc) is 2.56. The van der Waals surface area contributed by atoms with Gasteiger partial charge in [-0.15, -0.1) is 0 Å². The van der Waals surface area contributed by atoms with Crippen molar-refractivity contribution in [3.8, 4) is 5.75 Å². The van der Waals surface area contributed by atoms with Crippen molar-refractivity contribution in [2.75, 3.05) is 26.0 Å². The largest absolute Gasteiger partial charge is 0.484 e. The average molecular weight is 438 g/mol. The van der Waals surface area contributed by atoms with Gasteiger partial charge in [0.2, 0.25) is 0 Å². The number of nitrogens with zero attached hydrogens (tertiary/aromatic N) is 1. The van der Waals surface area contributed by atoms with E-state index in [2.05, 4.69) is 27.9 Å². The Bertz CT molecular complexity index is 742. The fourth-order valence-electron chi connectivity index (χ4n) is 1.93. The molecule has 0 bridgehead atoms. The monoisotopic (exact) mass is 438 g/mol. The van der Waals surface area contributed by atoms with E-state index in [4.69, 9.17) is 4.74 Å². The van der Waals surface area contributed by atoms with Gasteiger partial charge in [-0.25, -0.2) is 0 Å². The minimum Gasteiger partial charge on any atom is -0.484 e. The molecule has 0 radical (unpaired) electrons. The molecule has 0 saturated carbocycles.